The highest BCUT2D eigenvalue weighted by molar-refractivity contribution is 7.92. The van der Waals surface area contributed by atoms with Crippen LogP contribution in [0.4, 0.5) is 10.1 Å². The van der Waals surface area contributed by atoms with E-state index in [1.54, 1.807) is 0 Å². The van der Waals surface area contributed by atoms with Gasteiger partial charge in [0.2, 0.25) is 5.91 Å². The Labute approximate surface area is 182 Å². The van der Waals surface area contributed by atoms with E-state index in [-0.39, 0.29) is 10.6 Å². The first-order valence-corrected chi connectivity index (χ1v) is 11.8. The van der Waals surface area contributed by atoms with Gasteiger partial charge in [0.15, 0.2) is 0 Å². The van der Waals surface area contributed by atoms with Gasteiger partial charge in [-0.05, 0) is 87.4 Å². The Kier molecular flexibility index (Phi) is 7.86. The number of nitrogens with zero attached hydrogens (tertiary/aromatic N) is 2. The molecule has 0 saturated carbocycles. The molecule has 1 N–H and O–H groups in total. The molecule has 1 fully saturated rings. The van der Waals surface area contributed by atoms with E-state index in [0.29, 0.717) is 12.3 Å². The van der Waals surface area contributed by atoms with Crippen molar-refractivity contribution in [2.45, 2.75) is 24.2 Å². The van der Waals surface area contributed by atoms with E-state index in [1.807, 2.05) is 0 Å². The number of carbonyl (C=O) groups excluding carboxylic acids is 1. The van der Waals surface area contributed by atoms with Crippen molar-refractivity contribution >= 4 is 21.6 Å². The standard InChI is InChI=1S/C22H28FN3O4S/c1-30-20-9-11-21(12-10-20)31(28,29)26(19-7-5-18(23)6-8-19)17-22(27)24-13-4-16-25-14-2-3-15-25/h5-12H,2-4,13-17H2,1H3,(H,24,27). The number of anilines is 1. The van der Waals surface area contributed by atoms with Gasteiger partial charge in [-0.3, -0.25) is 9.10 Å². The van der Waals surface area contributed by atoms with E-state index in [2.05, 4.69) is 10.2 Å². The maximum atomic E-state index is 13.4. The molecule has 2 aromatic carbocycles. The van der Waals surface area contributed by atoms with Crippen molar-refractivity contribution in [3.05, 3.63) is 54.3 Å². The van der Waals surface area contributed by atoms with Crippen LogP contribution in [0.5, 0.6) is 5.75 Å². The molecule has 0 spiro atoms. The molecule has 9 heteroatoms. The van der Waals surface area contributed by atoms with Gasteiger partial charge in [0.25, 0.3) is 10.0 Å². The van der Waals surface area contributed by atoms with Crippen molar-refractivity contribution in [2.24, 2.45) is 0 Å². The van der Waals surface area contributed by atoms with Crippen LogP contribution in [0.1, 0.15) is 19.3 Å². The second-order valence-electron chi connectivity index (χ2n) is 7.42. The third-order valence-electron chi connectivity index (χ3n) is 5.22. The van der Waals surface area contributed by atoms with Crippen molar-refractivity contribution in [2.75, 3.05) is 44.1 Å². The minimum atomic E-state index is -4.04. The first-order chi connectivity index (χ1) is 14.9. The van der Waals surface area contributed by atoms with E-state index in [1.165, 1.54) is 68.5 Å². The summed E-state index contributed by atoms with van der Waals surface area (Å²) in [5.41, 5.74) is 0.212. The van der Waals surface area contributed by atoms with E-state index in [9.17, 15) is 17.6 Å². The minimum absolute atomic E-state index is 0.0134. The molecule has 31 heavy (non-hydrogen) atoms. The lowest BCUT2D eigenvalue weighted by Gasteiger charge is -2.24. The Bertz CT molecular complexity index is 959. The molecule has 1 saturated heterocycles. The van der Waals surface area contributed by atoms with E-state index in [0.717, 1.165) is 30.4 Å². The van der Waals surface area contributed by atoms with Crippen molar-refractivity contribution in [3.8, 4) is 5.75 Å². The number of likely N-dealkylation sites (tertiary alicyclic amines) is 1. The van der Waals surface area contributed by atoms with E-state index in [4.69, 9.17) is 4.74 Å². The molecular weight excluding hydrogens is 421 g/mol. The smallest absolute Gasteiger partial charge is 0.264 e. The summed E-state index contributed by atoms with van der Waals surface area (Å²) < 4.78 is 46.0. The molecule has 168 valence electrons. The number of amides is 1. The lowest BCUT2D eigenvalue weighted by Crippen LogP contribution is -2.41. The van der Waals surface area contributed by atoms with Crippen LogP contribution in [0.3, 0.4) is 0 Å². The molecule has 3 rings (SSSR count). The van der Waals surface area contributed by atoms with Crippen LogP contribution >= 0.6 is 0 Å². The fourth-order valence-corrected chi connectivity index (χ4v) is 4.94. The van der Waals surface area contributed by atoms with Gasteiger partial charge >= 0.3 is 0 Å². The predicted molar refractivity (Wildman–Crippen MR) is 117 cm³/mol. The Morgan fingerprint density at radius 1 is 1.10 bits per heavy atom. The summed E-state index contributed by atoms with van der Waals surface area (Å²) in [6.07, 6.45) is 3.22. The zero-order chi connectivity index (χ0) is 22.3. The zero-order valence-electron chi connectivity index (χ0n) is 17.6. The molecule has 0 aromatic heterocycles. The van der Waals surface area contributed by atoms with Gasteiger partial charge in [0.1, 0.15) is 18.1 Å². The van der Waals surface area contributed by atoms with Crippen molar-refractivity contribution < 1.29 is 22.3 Å². The van der Waals surface area contributed by atoms with Gasteiger partial charge in [-0.25, -0.2) is 12.8 Å². The Morgan fingerprint density at radius 2 is 1.74 bits per heavy atom. The summed E-state index contributed by atoms with van der Waals surface area (Å²) in [4.78, 5) is 14.9. The molecule has 1 aliphatic heterocycles. The van der Waals surface area contributed by atoms with Crippen molar-refractivity contribution in [1.82, 2.24) is 10.2 Å². The molecule has 0 bridgehead atoms. The highest BCUT2D eigenvalue weighted by Gasteiger charge is 2.27. The number of rotatable bonds is 10. The number of ether oxygens (including phenoxy) is 1. The van der Waals surface area contributed by atoms with Gasteiger partial charge < -0.3 is 15.0 Å². The first-order valence-electron chi connectivity index (χ1n) is 10.3. The summed E-state index contributed by atoms with van der Waals surface area (Å²) in [6, 6.07) is 10.9. The molecule has 0 atom stereocenters. The van der Waals surface area contributed by atoms with E-state index >= 15 is 0 Å². The summed E-state index contributed by atoms with van der Waals surface area (Å²) in [5.74, 6) is -0.386. The van der Waals surface area contributed by atoms with Crippen LogP contribution in [0.25, 0.3) is 0 Å². The number of sulfonamides is 1. The largest absolute Gasteiger partial charge is 0.497 e. The minimum Gasteiger partial charge on any atom is -0.497 e. The van der Waals surface area contributed by atoms with Crippen LogP contribution in [0.15, 0.2) is 53.4 Å². The number of halogens is 1. The Morgan fingerprint density at radius 3 is 2.35 bits per heavy atom. The Balaban J connectivity index is 1.71. The Hall–Kier alpha value is -2.65. The highest BCUT2D eigenvalue weighted by Crippen LogP contribution is 2.25. The second kappa shape index (κ2) is 10.6. The van der Waals surface area contributed by atoms with Gasteiger partial charge in [-0.2, -0.15) is 0 Å². The maximum Gasteiger partial charge on any atom is 0.264 e. The summed E-state index contributed by atoms with van der Waals surface area (Å²) in [6.45, 7) is 3.16. The van der Waals surface area contributed by atoms with Crippen molar-refractivity contribution in [3.63, 3.8) is 0 Å². The van der Waals surface area contributed by atoms with Crippen LogP contribution in [0.2, 0.25) is 0 Å². The summed E-state index contributed by atoms with van der Waals surface area (Å²) in [7, 11) is -2.56. The molecule has 1 aliphatic rings. The molecule has 7 nitrogen and oxygen atoms in total. The third kappa shape index (κ3) is 6.18. The quantitative estimate of drug-likeness (QED) is 0.564. The molecule has 1 heterocycles. The molecule has 1 amide bonds. The fraction of sp³-hybridized carbons (Fsp3) is 0.409. The number of carbonyl (C=O) groups is 1. The monoisotopic (exact) mass is 449 g/mol. The number of benzene rings is 2. The SMILES string of the molecule is COc1ccc(S(=O)(=O)N(CC(=O)NCCCN2CCCC2)c2ccc(F)cc2)cc1. The molecule has 0 unspecified atom stereocenters. The first kappa shape index (κ1) is 23.0. The number of nitrogens with one attached hydrogen (secondary N) is 1. The average Bonchev–Trinajstić information content (AvgIpc) is 3.29. The lowest BCUT2D eigenvalue weighted by atomic mass is 10.3. The average molecular weight is 450 g/mol. The zero-order valence-corrected chi connectivity index (χ0v) is 18.4. The molecule has 0 radical (unpaired) electrons. The van der Waals surface area contributed by atoms with E-state index < -0.39 is 28.3 Å². The normalized spacial score (nSPS) is 14.4. The summed E-state index contributed by atoms with van der Waals surface area (Å²) >= 11 is 0. The molecule has 0 aliphatic carbocycles. The predicted octanol–water partition coefficient (Wildman–Crippen LogP) is 2.63. The topological polar surface area (TPSA) is 79.0 Å². The molecular formula is C22H28FN3O4S. The maximum absolute atomic E-state index is 13.4. The number of hydrogen-bond donors (Lipinski definition) is 1. The van der Waals surface area contributed by atoms with Crippen LogP contribution < -0.4 is 14.4 Å². The van der Waals surface area contributed by atoms with Gasteiger partial charge in [0, 0.05) is 6.54 Å². The van der Waals surface area contributed by atoms with Crippen molar-refractivity contribution in [1.29, 1.82) is 0 Å². The van der Waals surface area contributed by atoms with Crippen LogP contribution in [-0.2, 0) is 14.8 Å². The number of methoxy groups -OCH3 is 1. The highest BCUT2D eigenvalue weighted by atomic mass is 32.2. The van der Waals surface area contributed by atoms with Gasteiger partial charge in [-0.15, -0.1) is 0 Å². The molecule has 2 aromatic rings. The summed E-state index contributed by atoms with van der Waals surface area (Å²) in [5, 5.41) is 2.79. The van der Waals surface area contributed by atoms with Gasteiger partial charge in [0.05, 0.1) is 17.7 Å². The third-order valence-corrected chi connectivity index (χ3v) is 7.01. The van der Waals surface area contributed by atoms with Gasteiger partial charge in [-0.1, -0.05) is 0 Å². The lowest BCUT2D eigenvalue weighted by molar-refractivity contribution is -0.119. The fourth-order valence-electron chi connectivity index (χ4n) is 3.52. The number of hydrogen-bond acceptors (Lipinski definition) is 5. The van der Waals surface area contributed by atoms with Crippen LogP contribution in [-0.4, -0.2) is 59.1 Å². The van der Waals surface area contributed by atoms with Crippen LogP contribution in [0, 0.1) is 5.82 Å². The second-order valence-corrected chi connectivity index (χ2v) is 9.28.